The predicted octanol–water partition coefficient (Wildman–Crippen LogP) is -1.30. The van der Waals surface area contributed by atoms with Crippen molar-refractivity contribution >= 4 is 29.3 Å². The van der Waals surface area contributed by atoms with Crippen molar-refractivity contribution in [3.8, 4) is 11.8 Å². The van der Waals surface area contributed by atoms with E-state index in [-0.39, 0.29) is 11.5 Å². The maximum atomic E-state index is 12.5. The van der Waals surface area contributed by atoms with E-state index in [1.165, 1.54) is 19.9 Å². The molecule has 0 amide bonds. The quantitative estimate of drug-likeness (QED) is 0.139. The highest BCUT2D eigenvalue weighted by Crippen LogP contribution is 2.66. The zero-order chi connectivity index (χ0) is 26.1. The first-order valence-corrected chi connectivity index (χ1v) is 13.6. The van der Waals surface area contributed by atoms with E-state index in [4.69, 9.17) is 26.0 Å². The summed E-state index contributed by atoms with van der Waals surface area (Å²) in [4.78, 5) is 52.2. The number of aliphatic hydroxyl groups is 1. The number of aryl methyl sites for hydroxylation is 1. The lowest BCUT2D eigenvalue weighted by Crippen LogP contribution is -2.53. The lowest BCUT2D eigenvalue weighted by atomic mass is 9.83. The number of aromatic nitrogens is 2. The zero-order valence-electron chi connectivity index (χ0n) is 17.6. The van der Waals surface area contributed by atoms with E-state index in [0.29, 0.717) is 0 Å². The fourth-order valence-corrected chi connectivity index (χ4v) is 6.35. The van der Waals surface area contributed by atoms with Crippen LogP contribution in [-0.4, -0.2) is 59.1 Å². The summed E-state index contributed by atoms with van der Waals surface area (Å²) in [6.45, 7) is 1.31. The molecule has 1 aliphatic heterocycles. The molecule has 1 aromatic rings. The highest BCUT2D eigenvalue weighted by atomic mass is 31.3. The second kappa shape index (κ2) is 10.3. The van der Waals surface area contributed by atoms with Crippen LogP contribution in [0, 0.1) is 24.7 Å². The van der Waals surface area contributed by atoms with E-state index < -0.39 is 66.2 Å². The SMILES string of the molecule is CC#CC1(N)C(CO)[C@@H](COP(=O)(O)OP(=O)(O)OP(=O)(O)O)O[C@H]1n1c(C)cc(N)nc1=O. The number of phosphoric acid groups is 3. The molecule has 0 bridgehead atoms. The van der Waals surface area contributed by atoms with Gasteiger partial charge in [-0.3, -0.25) is 9.09 Å². The van der Waals surface area contributed by atoms with Gasteiger partial charge in [0, 0.05) is 11.6 Å². The Morgan fingerprint density at radius 1 is 1.24 bits per heavy atom. The molecule has 2 rings (SSSR count). The average molecular weight is 548 g/mol. The first-order valence-electron chi connectivity index (χ1n) is 9.08. The van der Waals surface area contributed by atoms with Crippen LogP contribution in [0.15, 0.2) is 10.9 Å². The maximum absolute atomic E-state index is 12.5. The van der Waals surface area contributed by atoms with Crippen LogP contribution in [0.4, 0.5) is 5.82 Å². The third kappa shape index (κ3) is 6.81. The number of hydrogen-bond donors (Lipinski definition) is 7. The minimum absolute atomic E-state index is 0.0798. The van der Waals surface area contributed by atoms with Gasteiger partial charge in [-0.05, 0) is 19.9 Å². The van der Waals surface area contributed by atoms with Crippen LogP contribution in [0.25, 0.3) is 0 Å². The normalized spacial score (nSPS) is 28.5. The number of nitrogens with two attached hydrogens (primary N) is 2. The molecular formula is C14H23N4O13P3. The molecule has 1 aliphatic rings. The zero-order valence-corrected chi connectivity index (χ0v) is 20.3. The Bertz CT molecular complexity index is 1190. The summed E-state index contributed by atoms with van der Waals surface area (Å²) in [6.07, 6.45) is -2.72. The van der Waals surface area contributed by atoms with Crippen molar-refractivity contribution in [1.82, 2.24) is 9.55 Å². The lowest BCUT2D eigenvalue weighted by Gasteiger charge is -2.30. The van der Waals surface area contributed by atoms with Crippen molar-refractivity contribution < 1.29 is 56.3 Å². The predicted molar refractivity (Wildman–Crippen MR) is 112 cm³/mol. The van der Waals surface area contributed by atoms with Gasteiger partial charge < -0.3 is 40.9 Å². The summed E-state index contributed by atoms with van der Waals surface area (Å²) in [7, 11) is -16.8. The molecule has 1 aromatic heterocycles. The molecule has 17 nitrogen and oxygen atoms in total. The van der Waals surface area contributed by atoms with Crippen LogP contribution in [0.2, 0.25) is 0 Å². The number of hydrogen-bond acceptors (Lipinski definition) is 12. The number of nitrogens with zero attached hydrogens (tertiary/aromatic N) is 2. The number of rotatable bonds is 9. The maximum Gasteiger partial charge on any atom is 0.490 e. The Hall–Kier alpha value is -1.47. The van der Waals surface area contributed by atoms with Gasteiger partial charge in [0.05, 0.1) is 19.3 Å². The van der Waals surface area contributed by atoms with Gasteiger partial charge in [-0.1, -0.05) is 5.92 Å². The number of ether oxygens (including phenoxy) is 1. The highest BCUT2D eigenvalue weighted by molar-refractivity contribution is 7.66. The monoisotopic (exact) mass is 548 g/mol. The molecule has 192 valence electrons. The van der Waals surface area contributed by atoms with E-state index in [2.05, 4.69) is 30.0 Å². The van der Waals surface area contributed by atoms with Gasteiger partial charge in [0.1, 0.15) is 11.4 Å². The van der Waals surface area contributed by atoms with E-state index in [9.17, 15) is 33.4 Å². The van der Waals surface area contributed by atoms with Crippen molar-refractivity contribution in [2.45, 2.75) is 31.7 Å². The van der Waals surface area contributed by atoms with Gasteiger partial charge in [-0.25, -0.2) is 18.5 Å². The molecule has 9 N–H and O–H groups in total. The Labute approximate surface area is 192 Å². The van der Waals surface area contributed by atoms with Crippen LogP contribution < -0.4 is 17.2 Å². The van der Waals surface area contributed by atoms with Crippen LogP contribution >= 0.6 is 23.5 Å². The second-order valence-corrected chi connectivity index (χ2v) is 11.4. The molecule has 1 fully saturated rings. The van der Waals surface area contributed by atoms with E-state index in [0.717, 1.165) is 4.57 Å². The highest BCUT2D eigenvalue weighted by Gasteiger charge is 2.55. The summed E-state index contributed by atoms with van der Waals surface area (Å²) in [5.41, 5.74) is 9.60. The molecule has 0 radical (unpaired) electrons. The Balaban J connectivity index is 2.34. The van der Waals surface area contributed by atoms with Crippen molar-refractivity contribution in [3.63, 3.8) is 0 Å². The summed E-state index contributed by atoms with van der Waals surface area (Å²) >= 11 is 0. The van der Waals surface area contributed by atoms with Crippen LogP contribution in [0.3, 0.4) is 0 Å². The summed E-state index contributed by atoms with van der Waals surface area (Å²) in [5, 5.41) is 9.93. The Kier molecular flexibility index (Phi) is 8.68. The van der Waals surface area contributed by atoms with Crippen LogP contribution in [-0.2, 0) is 31.6 Å². The van der Waals surface area contributed by atoms with Crippen molar-refractivity contribution in [3.05, 3.63) is 22.2 Å². The molecule has 20 heteroatoms. The topological polar surface area (TPSA) is 276 Å². The van der Waals surface area contributed by atoms with Gasteiger partial charge >= 0.3 is 29.2 Å². The first kappa shape index (κ1) is 28.8. The third-order valence-electron chi connectivity index (χ3n) is 4.53. The van der Waals surface area contributed by atoms with Crippen molar-refractivity contribution in [2.75, 3.05) is 18.9 Å². The van der Waals surface area contributed by atoms with E-state index in [1.807, 2.05) is 0 Å². The molecule has 6 atom stereocenters. The Morgan fingerprint density at radius 2 is 1.85 bits per heavy atom. The number of phosphoric ester groups is 1. The fraction of sp³-hybridized carbons (Fsp3) is 0.571. The van der Waals surface area contributed by atoms with Crippen molar-refractivity contribution in [2.24, 2.45) is 11.7 Å². The van der Waals surface area contributed by atoms with E-state index >= 15 is 0 Å². The molecule has 34 heavy (non-hydrogen) atoms. The van der Waals surface area contributed by atoms with Crippen molar-refractivity contribution in [1.29, 1.82) is 0 Å². The molecule has 4 unspecified atom stereocenters. The van der Waals surface area contributed by atoms with Gasteiger partial charge in [-0.2, -0.15) is 13.6 Å². The summed E-state index contributed by atoms with van der Waals surface area (Å²) in [5.74, 6) is 3.98. The smallest absolute Gasteiger partial charge is 0.396 e. The van der Waals surface area contributed by atoms with Gasteiger partial charge in [-0.15, -0.1) is 5.92 Å². The number of aliphatic hydroxyl groups excluding tert-OH is 1. The molecule has 0 aromatic carbocycles. The molecule has 0 spiro atoms. The van der Waals surface area contributed by atoms with Gasteiger partial charge in [0.2, 0.25) is 0 Å². The molecule has 1 saturated heterocycles. The second-order valence-electron chi connectivity index (χ2n) is 6.99. The van der Waals surface area contributed by atoms with E-state index in [1.54, 1.807) is 0 Å². The first-order chi connectivity index (χ1) is 15.4. The lowest BCUT2D eigenvalue weighted by molar-refractivity contribution is -0.0411. The largest absolute Gasteiger partial charge is 0.490 e. The standard InChI is InChI=1S/C14H23N4O13P3/c1-3-4-14(16)9(6-19)10(29-12(14)18-8(2)5-11(15)17-13(18)20)7-28-33(24,25)31-34(26,27)30-32(21,22)23/h5,9-10,12,19H,6-7,16H2,1-2H3,(H,24,25)(H,26,27)(H2,15,17,20)(H2,21,22,23)/t9?,10-,12-,14?/m1/s1. The molecule has 2 heterocycles. The molecule has 0 saturated carbocycles. The van der Waals surface area contributed by atoms with Crippen LogP contribution in [0.5, 0.6) is 0 Å². The molecule has 0 aliphatic carbocycles. The number of anilines is 1. The third-order valence-corrected chi connectivity index (χ3v) is 8.34. The minimum atomic E-state index is -5.74. The fourth-order valence-electron chi connectivity index (χ4n) is 3.32. The van der Waals surface area contributed by atoms with Gasteiger partial charge in [0.25, 0.3) is 0 Å². The summed E-state index contributed by atoms with van der Waals surface area (Å²) < 4.78 is 52.8. The average Bonchev–Trinajstić information content (AvgIpc) is 2.88. The Morgan fingerprint density at radius 3 is 2.35 bits per heavy atom. The van der Waals surface area contributed by atoms with Gasteiger partial charge in [0.15, 0.2) is 6.23 Å². The summed E-state index contributed by atoms with van der Waals surface area (Å²) in [6, 6.07) is 1.35. The number of nitrogen functional groups attached to an aromatic ring is 1. The van der Waals surface area contributed by atoms with Crippen LogP contribution in [0.1, 0.15) is 18.8 Å². The molecular weight excluding hydrogens is 525 g/mol. The minimum Gasteiger partial charge on any atom is -0.396 e.